The van der Waals surface area contributed by atoms with E-state index in [9.17, 15) is 14.7 Å². The van der Waals surface area contributed by atoms with Gasteiger partial charge in [0.1, 0.15) is 5.75 Å². The van der Waals surface area contributed by atoms with Gasteiger partial charge < -0.3 is 24.2 Å². The summed E-state index contributed by atoms with van der Waals surface area (Å²) in [6, 6.07) is 16.8. The molecule has 9 nitrogen and oxygen atoms in total. The normalized spacial score (nSPS) is 19.7. The number of aryl methyl sites for hydroxylation is 1. The monoisotopic (exact) mass is 559 g/mol. The molecule has 1 fully saturated rings. The standard InChI is InChI=1S/C32H37N3O6/c1-3-4-16-35(24-9-7-15-33-18-24)30(36)20-34-19-25(23-12-14-28-29(17-23)41-21-40-28)31(32(37)38)26(34)13-11-22-8-5-6-10-27(22)39-2/h5-10,12,14-15,17-18,25-26,31H,3-4,11,13,16,19-21H2,1-2H3,(H,37,38)/t25-,26+,31-/m1/s1. The van der Waals surface area contributed by atoms with Crippen LogP contribution in [0.3, 0.4) is 0 Å². The van der Waals surface area contributed by atoms with Gasteiger partial charge in [-0.1, -0.05) is 37.6 Å². The molecule has 1 saturated heterocycles. The van der Waals surface area contributed by atoms with Crippen molar-refractivity contribution in [2.24, 2.45) is 5.92 Å². The van der Waals surface area contributed by atoms with E-state index in [4.69, 9.17) is 14.2 Å². The van der Waals surface area contributed by atoms with Gasteiger partial charge in [0, 0.05) is 31.2 Å². The molecule has 1 amide bonds. The molecule has 41 heavy (non-hydrogen) atoms. The summed E-state index contributed by atoms with van der Waals surface area (Å²) in [6.45, 7) is 3.37. The smallest absolute Gasteiger partial charge is 0.308 e. The molecule has 0 aliphatic carbocycles. The van der Waals surface area contributed by atoms with Crippen LogP contribution in [-0.2, 0) is 16.0 Å². The lowest BCUT2D eigenvalue weighted by Crippen LogP contribution is -2.44. The van der Waals surface area contributed by atoms with Gasteiger partial charge in [0.2, 0.25) is 12.7 Å². The van der Waals surface area contributed by atoms with Gasteiger partial charge >= 0.3 is 5.97 Å². The molecule has 0 saturated carbocycles. The molecule has 0 radical (unpaired) electrons. The number of benzene rings is 2. The number of methoxy groups -OCH3 is 1. The second-order valence-corrected chi connectivity index (χ2v) is 10.5. The van der Waals surface area contributed by atoms with Crippen LogP contribution in [0, 0.1) is 5.92 Å². The third-order valence-electron chi connectivity index (χ3n) is 8.09. The fourth-order valence-electron chi connectivity index (χ4n) is 6.03. The number of fused-ring (bicyclic) bond motifs is 1. The van der Waals surface area contributed by atoms with E-state index in [-0.39, 0.29) is 31.2 Å². The molecule has 3 heterocycles. The van der Waals surface area contributed by atoms with Crippen molar-refractivity contribution in [3.63, 3.8) is 0 Å². The Kier molecular flexibility index (Phi) is 9.04. The summed E-state index contributed by atoms with van der Waals surface area (Å²) in [5.74, 6) is 0.0809. The van der Waals surface area contributed by atoms with Gasteiger partial charge in [0.05, 0.1) is 31.5 Å². The van der Waals surface area contributed by atoms with Crippen LogP contribution in [0.15, 0.2) is 67.0 Å². The van der Waals surface area contributed by atoms with E-state index in [0.717, 1.165) is 35.4 Å². The molecule has 1 aromatic heterocycles. The first-order valence-corrected chi connectivity index (χ1v) is 14.2. The van der Waals surface area contributed by atoms with Crippen LogP contribution in [0.1, 0.15) is 43.2 Å². The number of unbranched alkanes of at least 4 members (excludes halogenated alkanes) is 1. The second-order valence-electron chi connectivity index (χ2n) is 10.5. The van der Waals surface area contributed by atoms with Gasteiger partial charge in [-0.2, -0.15) is 0 Å². The van der Waals surface area contributed by atoms with Gasteiger partial charge in [-0.05, 0) is 60.7 Å². The van der Waals surface area contributed by atoms with Gasteiger partial charge in [-0.15, -0.1) is 0 Å². The molecule has 2 aliphatic heterocycles. The number of aliphatic carboxylic acids is 1. The lowest BCUT2D eigenvalue weighted by Gasteiger charge is -2.30. The zero-order valence-corrected chi connectivity index (χ0v) is 23.6. The van der Waals surface area contributed by atoms with Crippen LogP contribution < -0.4 is 19.1 Å². The third-order valence-corrected chi connectivity index (χ3v) is 8.09. The molecular weight excluding hydrogens is 522 g/mol. The highest BCUT2D eigenvalue weighted by molar-refractivity contribution is 5.94. The molecule has 3 aromatic rings. The quantitative estimate of drug-likeness (QED) is 0.339. The Morgan fingerprint density at radius 1 is 1.12 bits per heavy atom. The minimum absolute atomic E-state index is 0.0655. The van der Waals surface area contributed by atoms with E-state index in [1.165, 1.54) is 0 Å². The zero-order valence-electron chi connectivity index (χ0n) is 23.6. The maximum Gasteiger partial charge on any atom is 0.308 e. The molecule has 3 atom stereocenters. The number of carboxylic acid groups (broad SMARTS) is 1. The van der Waals surface area contributed by atoms with Crippen molar-refractivity contribution in [1.82, 2.24) is 9.88 Å². The van der Waals surface area contributed by atoms with Crippen molar-refractivity contribution in [3.8, 4) is 17.2 Å². The lowest BCUT2D eigenvalue weighted by atomic mass is 9.83. The van der Waals surface area contributed by atoms with E-state index < -0.39 is 11.9 Å². The van der Waals surface area contributed by atoms with Gasteiger partial charge in [0.15, 0.2) is 11.5 Å². The fourth-order valence-corrected chi connectivity index (χ4v) is 6.03. The van der Waals surface area contributed by atoms with Crippen molar-refractivity contribution in [2.45, 2.75) is 44.6 Å². The van der Waals surface area contributed by atoms with E-state index >= 15 is 0 Å². The number of hydrogen-bond donors (Lipinski definition) is 1. The molecule has 0 bridgehead atoms. The number of aromatic nitrogens is 1. The number of likely N-dealkylation sites (tertiary alicyclic amines) is 1. The number of ether oxygens (including phenoxy) is 3. The highest BCUT2D eigenvalue weighted by Crippen LogP contribution is 2.43. The van der Waals surface area contributed by atoms with E-state index in [1.54, 1.807) is 24.4 Å². The molecule has 1 N–H and O–H groups in total. The average Bonchev–Trinajstić information content (AvgIpc) is 3.61. The summed E-state index contributed by atoms with van der Waals surface area (Å²) in [4.78, 5) is 34.8. The Morgan fingerprint density at radius 2 is 1.95 bits per heavy atom. The van der Waals surface area contributed by atoms with E-state index in [2.05, 4.69) is 16.8 Å². The van der Waals surface area contributed by atoms with Crippen LogP contribution in [-0.4, -0.2) is 66.4 Å². The Bertz CT molecular complexity index is 1350. The van der Waals surface area contributed by atoms with E-state index in [1.807, 2.05) is 54.6 Å². The Balaban J connectivity index is 1.45. The number of rotatable bonds is 12. The number of nitrogens with zero attached hydrogens (tertiary/aromatic N) is 3. The van der Waals surface area contributed by atoms with Crippen molar-refractivity contribution in [3.05, 3.63) is 78.1 Å². The van der Waals surface area contributed by atoms with Gasteiger partial charge in [-0.25, -0.2) is 0 Å². The molecule has 5 rings (SSSR count). The average molecular weight is 560 g/mol. The molecular formula is C32H37N3O6. The number of carbonyl (C=O) groups is 2. The highest BCUT2D eigenvalue weighted by Gasteiger charge is 2.47. The maximum atomic E-state index is 13.9. The first kappa shape index (κ1) is 28.4. The largest absolute Gasteiger partial charge is 0.496 e. The molecule has 0 spiro atoms. The molecule has 9 heteroatoms. The fraction of sp³-hybridized carbons (Fsp3) is 0.406. The van der Waals surface area contributed by atoms with Crippen molar-refractivity contribution in [1.29, 1.82) is 0 Å². The maximum absolute atomic E-state index is 13.9. The van der Waals surface area contributed by atoms with Crippen molar-refractivity contribution < 1.29 is 28.9 Å². The van der Waals surface area contributed by atoms with Crippen molar-refractivity contribution >= 4 is 17.6 Å². The number of para-hydroxylation sites is 1. The van der Waals surface area contributed by atoms with Gasteiger partial charge in [0.25, 0.3) is 0 Å². The predicted octanol–water partition coefficient (Wildman–Crippen LogP) is 4.75. The highest BCUT2D eigenvalue weighted by atomic mass is 16.7. The first-order valence-electron chi connectivity index (χ1n) is 14.2. The number of carbonyl (C=O) groups excluding carboxylic acids is 1. The van der Waals surface area contributed by atoms with Crippen LogP contribution in [0.25, 0.3) is 0 Å². The Hall–Kier alpha value is -4.11. The molecule has 2 aromatic carbocycles. The van der Waals surface area contributed by atoms with Crippen molar-refractivity contribution in [2.75, 3.05) is 38.4 Å². The SMILES string of the molecule is CCCCN(C(=O)CN1C[C@H](c2ccc3c(c2)OCO3)[C@@H](C(=O)O)[C@@H]1CCc1ccccc1OC)c1cccnc1. The van der Waals surface area contributed by atoms with Crippen LogP contribution >= 0.6 is 0 Å². The summed E-state index contributed by atoms with van der Waals surface area (Å²) >= 11 is 0. The van der Waals surface area contributed by atoms with Gasteiger partial charge in [-0.3, -0.25) is 19.5 Å². The Labute approximate surface area is 240 Å². The van der Waals surface area contributed by atoms with Crippen LogP contribution in [0.5, 0.6) is 17.2 Å². The number of hydrogen-bond acceptors (Lipinski definition) is 7. The molecule has 216 valence electrons. The number of carboxylic acids is 1. The zero-order chi connectivity index (χ0) is 28.8. The summed E-state index contributed by atoms with van der Waals surface area (Å²) in [5, 5.41) is 10.6. The first-order chi connectivity index (χ1) is 20.0. The predicted molar refractivity (Wildman–Crippen MR) is 155 cm³/mol. The molecule has 2 aliphatic rings. The summed E-state index contributed by atoms with van der Waals surface area (Å²) in [5.41, 5.74) is 2.63. The topological polar surface area (TPSA) is 101 Å². The number of amides is 1. The second kappa shape index (κ2) is 13.0. The third kappa shape index (κ3) is 6.30. The molecule has 0 unspecified atom stereocenters. The van der Waals surface area contributed by atoms with E-state index in [0.29, 0.717) is 37.4 Å². The summed E-state index contributed by atoms with van der Waals surface area (Å²) in [6.07, 6.45) is 6.38. The Morgan fingerprint density at radius 3 is 2.71 bits per heavy atom. The lowest BCUT2D eigenvalue weighted by molar-refractivity contribution is -0.143. The minimum Gasteiger partial charge on any atom is -0.496 e. The number of pyridine rings is 1. The number of anilines is 1. The summed E-state index contributed by atoms with van der Waals surface area (Å²) in [7, 11) is 1.64. The summed E-state index contributed by atoms with van der Waals surface area (Å²) < 4.78 is 16.6. The van der Waals surface area contributed by atoms with Crippen LogP contribution in [0.4, 0.5) is 5.69 Å². The minimum atomic E-state index is -0.872. The van der Waals surface area contributed by atoms with Crippen LogP contribution in [0.2, 0.25) is 0 Å².